The van der Waals surface area contributed by atoms with Crippen molar-refractivity contribution < 1.29 is 19.4 Å². The molecule has 0 saturated heterocycles. The van der Waals surface area contributed by atoms with E-state index in [1.165, 1.54) is 7.11 Å². The minimum absolute atomic E-state index is 0.0505. The van der Waals surface area contributed by atoms with Crippen LogP contribution in [0.2, 0.25) is 0 Å². The first kappa shape index (κ1) is 15.3. The fraction of sp³-hybridized carbons (Fsp3) is 0.909. The van der Waals surface area contributed by atoms with Crippen molar-refractivity contribution in [2.45, 2.75) is 26.3 Å². The number of ether oxygens (including phenoxy) is 2. The van der Waals surface area contributed by atoms with Crippen molar-refractivity contribution in [3.63, 3.8) is 0 Å². The molecule has 0 aromatic heterocycles. The van der Waals surface area contributed by atoms with E-state index in [1.807, 2.05) is 13.8 Å². The second-order valence-electron chi connectivity index (χ2n) is 3.85. The van der Waals surface area contributed by atoms with Gasteiger partial charge in [0, 0.05) is 12.6 Å². The van der Waals surface area contributed by atoms with Crippen molar-refractivity contribution in [3.05, 3.63) is 0 Å². The average molecular weight is 233 g/mol. The first-order valence-electron chi connectivity index (χ1n) is 5.61. The summed E-state index contributed by atoms with van der Waals surface area (Å²) in [5.74, 6) is -0.268. The molecule has 0 bridgehead atoms. The van der Waals surface area contributed by atoms with E-state index in [4.69, 9.17) is 9.84 Å². The van der Waals surface area contributed by atoms with E-state index in [0.717, 1.165) is 13.0 Å². The second-order valence-corrected chi connectivity index (χ2v) is 3.85. The summed E-state index contributed by atoms with van der Waals surface area (Å²) >= 11 is 0. The van der Waals surface area contributed by atoms with E-state index in [0.29, 0.717) is 13.2 Å². The third-order valence-corrected chi connectivity index (χ3v) is 2.29. The summed E-state index contributed by atoms with van der Waals surface area (Å²) in [6.07, 6.45) is 0.743. The Hall–Kier alpha value is -0.650. The third-order valence-electron chi connectivity index (χ3n) is 2.29. The zero-order valence-corrected chi connectivity index (χ0v) is 10.4. The molecule has 0 spiro atoms. The van der Waals surface area contributed by atoms with Crippen molar-refractivity contribution in [2.24, 2.45) is 5.92 Å². The quantitative estimate of drug-likeness (QED) is 0.439. The van der Waals surface area contributed by atoms with Gasteiger partial charge in [-0.05, 0) is 13.3 Å². The van der Waals surface area contributed by atoms with Gasteiger partial charge in [-0.1, -0.05) is 6.92 Å². The molecule has 0 aliphatic heterocycles. The van der Waals surface area contributed by atoms with Gasteiger partial charge in [0.05, 0.1) is 32.8 Å². The monoisotopic (exact) mass is 233 g/mol. The van der Waals surface area contributed by atoms with E-state index in [1.54, 1.807) is 0 Å². The Bertz CT molecular complexity index is 187. The fourth-order valence-electron chi connectivity index (χ4n) is 1.46. The number of esters is 1. The largest absolute Gasteiger partial charge is 0.469 e. The van der Waals surface area contributed by atoms with Crippen LogP contribution < -0.4 is 5.32 Å². The van der Waals surface area contributed by atoms with Crippen molar-refractivity contribution >= 4 is 5.97 Å². The van der Waals surface area contributed by atoms with Gasteiger partial charge in [0.1, 0.15) is 0 Å². The normalized spacial score (nSPS) is 14.5. The van der Waals surface area contributed by atoms with Gasteiger partial charge in [-0.25, -0.2) is 0 Å². The van der Waals surface area contributed by atoms with Gasteiger partial charge < -0.3 is 19.9 Å². The molecule has 0 aliphatic carbocycles. The highest BCUT2D eigenvalue weighted by Gasteiger charge is 2.15. The molecular weight excluding hydrogens is 210 g/mol. The number of hydrogen-bond acceptors (Lipinski definition) is 5. The van der Waals surface area contributed by atoms with Crippen LogP contribution in [0.4, 0.5) is 0 Å². The highest BCUT2D eigenvalue weighted by molar-refractivity contribution is 5.71. The van der Waals surface area contributed by atoms with Crippen LogP contribution in [-0.4, -0.2) is 50.6 Å². The average Bonchev–Trinajstić information content (AvgIpc) is 2.27. The van der Waals surface area contributed by atoms with Crippen LogP contribution in [0.15, 0.2) is 0 Å². The maximum atomic E-state index is 11.2. The Labute approximate surface area is 97.1 Å². The predicted molar refractivity (Wildman–Crippen MR) is 61.2 cm³/mol. The summed E-state index contributed by atoms with van der Waals surface area (Å²) in [5.41, 5.74) is 0. The predicted octanol–water partition coefficient (Wildman–Crippen LogP) is 0.173. The molecule has 0 rings (SSSR count). The van der Waals surface area contributed by atoms with Crippen LogP contribution in [0.25, 0.3) is 0 Å². The molecular formula is C11H23NO4. The van der Waals surface area contributed by atoms with Crippen LogP contribution in [0.3, 0.4) is 0 Å². The summed E-state index contributed by atoms with van der Waals surface area (Å²) in [4.78, 5) is 11.2. The van der Waals surface area contributed by atoms with E-state index in [2.05, 4.69) is 10.1 Å². The zero-order valence-electron chi connectivity index (χ0n) is 10.4. The minimum Gasteiger partial charge on any atom is -0.469 e. The lowest BCUT2D eigenvalue weighted by atomic mass is 10.0. The molecule has 5 heteroatoms. The van der Waals surface area contributed by atoms with Gasteiger partial charge in [-0.2, -0.15) is 0 Å². The topological polar surface area (TPSA) is 67.8 Å². The molecule has 0 fully saturated rings. The van der Waals surface area contributed by atoms with Crippen molar-refractivity contribution in [2.75, 3.05) is 33.5 Å². The van der Waals surface area contributed by atoms with Crippen molar-refractivity contribution in [1.82, 2.24) is 5.32 Å². The number of hydrogen-bond donors (Lipinski definition) is 2. The lowest BCUT2D eigenvalue weighted by Crippen LogP contribution is -2.32. The number of rotatable bonds is 9. The second kappa shape index (κ2) is 9.57. The van der Waals surface area contributed by atoms with Crippen LogP contribution in [0.5, 0.6) is 0 Å². The summed E-state index contributed by atoms with van der Waals surface area (Å²) in [6, 6.07) is 0.242. The first-order chi connectivity index (χ1) is 7.61. The molecule has 0 heterocycles. The molecule has 0 saturated carbocycles. The molecule has 5 nitrogen and oxygen atoms in total. The fourth-order valence-corrected chi connectivity index (χ4v) is 1.46. The molecule has 2 N–H and O–H groups in total. The third kappa shape index (κ3) is 7.62. The van der Waals surface area contributed by atoms with E-state index >= 15 is 0 Å². The number of carbonyl (C=O) groups is 1. The smallest absolute Gasteiger partial charge is 0.308 e. The number of carbonyl (C=O) groups excluding carboxylic acids is 1. The van der Waals surface area contributed by atoms with E-state index < -0.39 is 0 Å². The van der Waals surface area contributed by atoms with Gasteiger partial charge in [-0.3, -0.25) is 4.79 Å². The Morgan fingerprint density at radius 1 is 1.38 bits per heavy atom. The summed E-state index contributed by atoms with van der Waals surface area (Å²) in [6.45, 7) is 5.58. The highest BCUT2D eigenvalue weighted by Crippen LogP contribution is 2.07. The molecule has 0 aromatic rings. The van der Waals surface area contributed by atoms with E-state index in [9.17, 15) is 4.79 Å². The number of aliphatic hydroxyl groups excluding tert-OH is 1. The molecule has 0 amide bonds. The Balaban J connectivity index is 3.50. The summed E-state index contributed by atoms with van der Waals surface area (Å²) < 4.78 is 9.75. The van der Waals surface area contributed by atoms with Gasteiger partial charge in [0.15, 0.2) is 0 Å². The van der Waals surface area contributed by atoms with Crippen molar-refractivity contribution in [1.29, 1.82) is 0 Å². The molecule has 2 unspecified atom stereocenters. The number of aliphatic hydroxyl groups is 1. The summed E-state index contributed by atoms with van der Waals surface area (Å²) in [5, 5.41) is 11.7. The summed E-state index contributed by atoms with van der Waals surface area (Å²) in [7, 11) is 1.40. The zero-order chi connectivity index (χ0) is 12.4. The lowest BCUT2D eigenvalue weighted by molar-refractivity contribution is -0.145. The Morgan fingerprint density at radius 2 is 2.06 bits per heavy atom. The van der Waals surface area contributed by atoms with Gasteiger partial charge in [0.2, 0.25) is 0 Å². The highest BCUT2D eigenvalue weighted by atomic mass is 16.5. The maximum Gasteiger partial charge on any atom is 0.308 e. The molecule has 0 radical (unpaired) electrons. The van der Waals surface area contributed by atoms with Crippen LogP contribution in [-0.2, 0) is 14.3 Å². The first-order valence-corrected chi connectivity index (χ1v) is 5.61. The van der Waals surface area contributed by atoms with Gasteiger partial charge in [-0.15, -0.1) is 0 Å². The van der Waals surface area contributed by atoms with Crippen LogP contribution in [0.1, 0.15) is 20.3 Å². The Kier molecular flexibility index (Phi) is 9.18. The number of nitrogens with one attached hydrogen (secondary N) is 1. The Morgan fingerprint density at radius 3 is 2.62 bits per heavy atom. The standard InChI is InChI=1S/C11H23NO4/c1-9(11(14)15-3)8-10(2)12-4-6-16-7-5-13/h9-10,12-13H,4-8H2,1-3H3. The SMILES string of the molecule is COC(=O)C(C)CC(C)NCCOCCO. The molecule has 0 aromatic carbocycles. The van der Waals surface area contributed by atoms with Crippen molar-refractivity contribution in [3.8, 4) is 0 Å². The minimum atomic E-state index is -0.176. The molecule has 16 heavy (non-hydrogen) atoms. The van der Waals surface area contributed by atoms with E-state index in [-0.39, 0.29) is 24.5 Å². The number of methoxy groups -OCH3 is 1. The molecule has 0 aliphatic rings. The lowest BCUT2D eigenvalue weighted by Gasteiger charge is -2.17. The van der Waals surface area contributed by atoms with Gasteiger partial charge in [0.25, 0.3) is 0 Å². The van der Waals surface area contributed by atoms with Crippen LogP contribution in [0, 0.1) is 5.92 Å². The van der Waals surface area contributed by atoms with Gasteiger partial charge >= 0.3 is 5.97 Å². The maximum absolute atomic E-state index is 11.2. The molecule has 2 atom stereocenters. The molecule has 96 valence electrons. The van der Waals surface area contributed by atoms with Crippen LogP contribution >= 0.6 is 0 Å².